The van der Waals surface area contributed by atoms with E-state index in [-0.39, 0.29) is 11.2 Å². The first kappa shape index (κ1) is 17.2. The Labute approximate surface area is 131 Å². The van der Waals surface area contributed by atoms with Crippen LogP contribution in [0.15, 0.2) is 0 Å². The van der Waals surface area contributed by atoms with Gasteiger partial charge >= 0.3 is 0 Å². The van der Waals surface area contributed by atoms with Crippen LogP contribution in [0.1, 0.15) is 54.9 Å². The molecule has 0 amide bonds. The molecule has 3 nitrogen and oxygen atoms in total. The summed E-state index contributed by atoms with van der Waals surface area (Å²) in [5, 5.41) is 3.70. The summed E-state index contributed by atoms with van der Waals surface area (Å²) in [5.41, 5.74) is -0.137. The van der Waals surface area contributed by atoms with E-state index >= 15 is 0 Å². The number of piperidine rings is 1. The van der Waals surface area contributed by atoms with Gasteiger partial charge in [0.1, 0.15) is 0 Å². The van der Waals surface area contributed by atoms with Crippen LogP contribution >= 0.6 is 0 Å². The maximum absolute atomic E-state index is 6.41. The van der Waals surface area contributed by atoms with E-state index in [0.29, 0.717) is 12.0 Å². The smallest absolute Gasteiger partial charge is 0.0790 e. The van der Waals surface area contributed by atoms with Crippen molar-refractivity contribution in [3.8, 4) is 0 Å². The number of nitrogens with one attached hydrogen (secondary N) is 1. The first-order valence-electron chi connectivity index (χ1n) is 8.83. The topological polar surface area (TPSA) is 24.5 Å². The monoisotopic (exact) mass is 296 g/mol. The maximum Gasteiger partial charge on any atom is 0.0790 e. The second-order valence-corrected chi connectivity index (χ2v) is 8.45. The zero-order valence-electron chi connectivity index (χ0n) is 15.2. The van der Waals surface area contributed by atoms with Gasteiger partial charge in [0.15, 0.2) is 0 Å². The van der Waals surface area contributed by atoms with Crippen LogP contribution in [0.25, 0.3) is 0 Å². The Morgan fingerprint density at radius 1 is 1.10 bits per heavy atom. The zero-order valence-corrected chi connectivity index (χ0v) is 15.2. The molecule has 3 heteroatoms. The minimum Gasteiger partial charge on any atom is -0.368 e. The molecule has 4 atom stereocenters. The summed E-state index contributed by atoms with van der Waals surface area (Å²) >= 11 is 0. The van der Waals surface area contributed by atoms with Crippen molar-refractivity contribution in [3.05, 3.63) is 0 Å². The number of nitrogens with zero attached hydrogens (tertiary/aromatic N) is 1. The molecule has 0 aliphatic carbocycles. The number of likely N-dealkylation sites (tertiary alicyclic amines) is 1. The average Bonchev–Trinajstić information content (AvgIpc) is 2.52. The molecule has 21 heavy (non-hydrogen) atoms. The highest BCUT2D eigenvalue weighted by Crippen LogP contribution is 2.43. The SMILES string of the molecule is CCNC1C(CN2CCC(C)C(C)C2)C(C)(C)OC1(C)C. The van der Waals surface area contributed by atoms with Gasteiger partial charge in [-0.3, -0.25) is 0 Å². The molecule has 2 saturated heterocycles. The Balaban J connectivity index is 2.08. The highest BCUT2D eigenvalue weighted by atomic mass is 16.5. The van der Waals surface area contributed by atoms with Gasteiger partial charge < -0.3 is 15.0 Å². The third-order valence-corrected chi connectivity index (χ3v) is 5.87. The quantitative estimate of drug-likeness (QED) is 0.862. The van der Waals surface area contributed by atoms with Gasteiger partial charge in [-0.2, -0.15) is 0 Å². The van der Waals surface area contributed by atoms with E-state index in [4.69, 9.17) is 4.74 Å². The van der Waals surface area contributed by atoms with E-state index in [2.05, 4.69) is 58.7 Å². The van der Waals surface area contributed by atoms with Gasteiger partial charge in [0.2, 0.25) is 0 Å². The van der Waals surface area contributed by atoms with Gasteiger partial charge in [-0.15, -0.1) is 0 Å². The lowest BCUT2D eigenvalue weighted by Crippen LogP contribution is -2.52. The third kappa shape index (κ3) is 3.62. The molecule has 2 fully saturated rings. The number of rotatable bonds is 4. The molecule has 0 saturated carbocycles. The number of ether oxygens (including phenoxy) is 1. The lowest BCUT2D eigenvalue weighted by Gasteiger charge is -2.40. The van der Waals surface area contributed by atoms with Crippen LogP contribution in [0, 0.1) is 17.8 Å². The van der Waals surface area contributed by atoms with Gasteiger partial charge in [0, 0.05) is 25.0 Å². The van der Waals surface area contributed by atoms with E-state index in [0.717, 1.165) is 24.9 Å². The van der Waals surface area contributed by atoms with Gasteiger partial charge in [-0.1, -0.05) is 20.8 Å². The van der Waals surface area contributed by atoms with Crippen molar-refractivity contribution in [1.29, 1.82) is 0 Å². The van der Waals surface area contributed by atoms with Crippen molar-refractivity contribution in [2.75, 3.05) is 26.2 Å². The number of likely N-dealkylation sites (N-methyl/N-ethyl adjacent to an activating group) is 1. The van der Waals surface area contributed by atoms with E-state index in [9.17, 15) is 0 Å². The molecule has 2 aliphatic heterocycles. The van der Waals surface area contributed by atoms with Crippen LogP contribution in [0.4, 0.5) is 0 Å². The average molecular weight is 296 g/mol. The van der Waals surface area contributed by atoms with Gasteiger partial charge in [0.25, 0.3) is 0 Å². The molecule has 0 aromatic carbocycles. The van der Waals surface area contributed by atoms with E-state index in [1.54, 1.807) is 0 Å². The van der Waals surface area contributed by atoms with Crippen molar-refractivity contribution >= 4 is 0 Å². The van der Waals surface area contributed by atoms with Crippen LogP contribution in [-0.2, 0) is 4.74 Å². The highest BCUT2D eigenvalue weighted by molar-refractivity contribution is 5.06. The molecule has 4 unspecified atom stereocenters. The van der Waals surface area contributed by atoms with Crippen molar-refractivity contribution in [1.82, 2.24) is 10.2 Å². The lowest BCUT2D eigenvalue weighted by molar-refractivity contribution is -0.0803. The van der Waals surface area contributed by atoms with Crippen LogP contribution in [0.3, 0.4) is 0 Å². The second kappa shape index (κ2) is 6.17. The lowest BCUT2D eigenvalue weighted by atomic mass is 9.81. The standard InChI is InChI=1S/C18H36N2O/c1-8-19-16-15(17(4,5)21-18(16,6)7)12-20-10-9-13(2)14(3)11-20/h13-16,19H,8-12H2,1-7H3. The molecule has 0 bridgehead atoms. The van der Waals surface area contributed by atoms with Crippen molar-refractivity contribution < 1.29 is 4.74 Å². The predicted molar refractivity (Wildman–Crippen MR) is 89.6 cm³/mol. The van der Waals surface area contributed by atoms with E-state index in [1.165, 1.54) is 19.5 Å². The summed E-state index contributed by atoms with van der Waals surface area (Å²) in [5.74, 6) is 2.23. The molecule has 2 heterocycles. The second-order valence-electron chi connectivity index (χ2n) is 8.45. The summed E-state index contributed by atoms with van der Waals surface area (Å²) in [6.07, 6.45) is 1.34. The van der Waals surface area contributed by atoms with Crippen molar-refractivity contribution in [3.63, 3.8) is 0 Å². The fourth-order valence-corrected chi connectivity index (χ4v) is 4.43. The Kier molecular flexibility index (Phi) is 5.07. The van der Waals surface area contributed by atoms with Crippen LogP contribution in [-0.4, -0.2) is 48.3 Å². The highest BCUT2D eigenvalue weighted by Gasteiger charge is 2.53. The maximum atomic E-state index is 6.41. The van der Waals surface area contributed by atoms with Gasteiger partial charge in [-0.25, -0.2) is 0 Å². The normalized spacial score (nSPS) is 39.6. The summed E-state index contributed by atoms with van der Waals surface area (Å²) in [6.45, 7) is 20.7. The summed E-state index contributed by atoms with van der Waals surface area (Å²) in [7, 11) is 0. The molecule has 0 spiro atoms. The Morgan fingerprint density at radius 3 is 2.33 bits per heavy atom. The fourth-order valence-electron chi connectivity index (χ4n) is 4.43. The first-order valence-corrected chi connectivity index (χ1v) is 8.83. The molecule has 0 aromatic rings. The number of hydrogen-bond donors (Lipinski definition) is 1. The van der Waals surface area contributed by atoms with Gasteiger partial charge in [0.05, 0.1) is 11.2 Å². The minimum absolute atomic E-state index is 0.0529. The molecule has 0 aromatic heterocycles. The third-order valence-electron chi connectivity index (χ3n) is 5.87. The Hall–Kier alpha value is -0.120. The Morgan fingerprint density at radius 2 is 1.76 bits per heavy atom. The molecular weight excluding hydrogens is 260 g/mol. The van der Waals surface area contributed by atoms with Crippen LogP contribution < -0.4 is 5.32 Å². The molecule has 2 aliphatic rings. The molecule has 1 N–H and O–H groups in total. The summed E-state index contributed by atoms with van der Waals surface area (Å²) in [6, 6.07) is 0.437. The van der Waals surface area contributed by atoms with Crippen LogP contribution in [0.5, 0.6) is 0 Å². The fraction of sp³-hybridized carbons (Fsp3) is 1.00. The first-order chi connectivity index (χ1) is 9.67. The molecule has 2 rings (SSSR count). The molecular formula is C18H36N2O. The summed E-state index contributed by atoms with van der Waals surface area (Å²) < 4.78 is 6.41. The molecule has 124 valence electrons. The number of hydrogen-bond acceptors (Lipinski definition) is 3. The van der Waals surface area contributed by atoms with E-state index < -0.39 is 0 Å². The summed E-state index contributed by atoms with van der Waals surface area (Å²) in [4.78, 5) is 2.67. The minimum atomic E-state index is -0.0845. The molecule has 0 radical (unpaired) electrons. The predicted octanol–water partition coefficient (Wildman–Crippen LogP) is 3.15. The Bertz CT molecular complexity index is 353. The van der Waals surface area contributed by atoms with Crippen molar-refractivity contribution in [2.45, 2.75) is 72.1 Å². The largest absolute Gasteiger partial charge is 0.368 e. The van der Waals surface area contributed by atoms with Crippen molar-refractivity contribution in [2.24, 2.45) is 17.8 Å². The zero-order chi connectivity index (χ0) is 15.8. The van der Waals surface area contributed by atoms with E-state index in [1.807, 2.05) is 0 Å². The van der Waals surface area contributed by atoms with Crippen LogP contribution in [0.2, 0.25) is 0 Å². The van der Waals surface area contributed by atoms with Gasteiger partial charge in [-0.05, 0) is 59.0 Å².